The zero-order valence-corrected chi connectivity index (χ0v) is 14.9. The highest BCUT2D eigenvalue weighted by Crippen LogP contribution is 2.29. The van der Waals surface area contributed by atoms with E-state index < -0.39 is 0 Å². The van der Waals surface area contributed by atoms with E-state index in [0.29, 0.717) is 29.4 Å². The van der Waals surface area contributed by atoms with Crippen molar-refractivity contribution in [3.05, 3.63) is 29.1 Å². The first-order valence-electron chi connectivity index (χ1n) is 9.45. The fraction of sp³-hybridized carbons (Fsp3) is 0.526. The van der Waals surface area contributed by atoms with Gasteiger partial charge in [-0.3, -0.25) is 9.79 Å². The Kier molecular flexibility index (Phi) is 4.63. The molecule has 0 saturated heterocycles. The number of hydrogen-bond acceptors (Lipinski definition) is 6. The summed E-state index contributed by atoms with van der Waals surface area (Å²) in [5.41, 5.74) is 14.9. The molecule has 2 unspecified atom stereocenters. The number of aliphatic imine (C=N–C) groups is 1. The number of rotatable bonds is 5. The van der Waals surface area contributed by atoms with Crippen molar-refractivity contribution in [3.63, 3.8) is 0 Å². The maximum Gasteiger partial charge on any atom is 0.254 e. The molecule has 3 aliphatic rings. The summed E-state index contributed by atoms with van der Waals surface area (Å²) >= 11 is 0. The van der Waals surface area contributed by atoms with E-state index in [9.17, 15) is 4.79 Å². The summed E-state index contributed by atoms with van der Waals surface area (Å²) in [4.78, 5) is 21.5. The van der Waals surface area contributed by atoms with Crippen LogP contribution in [-0.2, 0) is 6.54 Å². The van der Waals surface area contributed by atoms with E-state index in [4.69, 9.17) is 16.5 Å². The standard InChI is InChI=1S/C19H26N6O/c20-8-12(10-22-13-5-6-13)18-17-11(9-23-19(17)26)7-16(25-18)24-15-4-2-1-3-14(15)21/h7-8,10,13-15H,1-6,9,20-21H2,(H,23,26)(H,24,25). The van der Waals surface area contributed by atoms with Crippen molar-refractivity contribution >= 4 is 23.5 Å². The van der Waals surface area contributed by atoms with Crippen LogP contribution in [0.5, 0.6) is 0 Å². The Labute approximate surface area is 153 Å². The molecule has 1 aromatic rings. The number of carbonyl (C=O) groups excluding carboxylic acids is 1. The third kappa shape index (κ3) is 3.44. The van der Waals surface area contributed by atoms with E-state index in [0.717, 1.165) is 37.1 Å². The van der Waals surface area contributed by atoms with Crippen molar-refractivity contribution in [3.8, 4) is 0 Å². The smallest absolute Gasteiger partial charge is 0.254 e. The minimum Gasteiger partial charge on any atom is -0.404 e. The SMILES string of the molecule is NC=C(C=NC1CC1)c1nc(NC2CCCCC2N)cc2c1C(=O)NC2. The minimum absolute atomic E-state index is 0.109. The molecule has 138 valence electrons. The molecular weight excluding hydrogens is 328 g/mol. The van der Waals surface area contributed by atoms with Gasteiger partial charge in [0.1, 0.15) is 5.82 Å². The number of amides is 1. The Hall–Kier alpha value is -2.41. The molecule has 7 heteroatoms. The van der Waals surface area contributed by atoms with E-state index in [1.807, 2.05) is 6.07 Å². The Balaban J connectivity index is 1.67. The van der Waals surface area contributed by atoms with Crippen LogP contribution in [0, 0.1) is 0 Å². The van der Waals surface area contributed by atoms with Crippen LogP contribution in [0.2, 0.25) is 0 Å². The van der Waals surface area contributed by atoms with Crippen LogP contribution in [0.4, 0.5) is 5.82 Å². The molecule has 0 radical (unpaired) electrons. The van der Waals surface area contributed by atoms with Gasteiger partial charge in [0.15, 0.2) is 0 Å². The first-order valence-corrected chi connectivity index (χ1v) is 9.45. The predicted octanol–water partition coefficient (Wildman–Crippen LogP) is 1.54. The molecule has 2 atom stereocenters. The number of nitrogens with two attached hydrogens (primary N) is 2. The number of hydrogen-bond donors (Lipinski definition) is 4. The Morgan fingerprint density at radius 1 is 1.31 bits per heavy atom. The molecule has 0 aromatic carbocycles. The Morgan fingerprint density at radius 3 is 2.85 bits per heavy atom. The number of carbonyl (C=O) groups is 1. The van der Waals surface area contributed by atoms with Crippen molar-refractivity contribution in [1.82, 2.24) is 10.3 Å². The Morgan fingerprint density at radius 2 is 2.12 bits per heavy atom. The maximum atomic E-state index is 12.3. The third-order valence-corrected chi connectivity index (χ3v) is 5.34. The Bertz CT molecular complexity index is 768. The maximum absolute atomic E-state index is 12.3. The van der Waals surface area contributed by atoms with Crippen molar-refractivity contribution in [2.24, 2.45) is 16.5 Å². The van der Waals surface area contributed by atoms with Gasteiger partial charge in [0.2, 0.25) is 0 Å². The minimum atomic E-state index is -0.109. The summed E-state index contributed by atoms with van der Waals surface area (Å²) in [6.45, 7) is 0.507. The fourth-order valence-corrected chi connectivity index (χ4v) is 3.66. The van der Waals surface area contributed by atoms with E-state index in [2.05, 4.69) is 15.6 Å². The summed E-state index contributed by atoms with van der Waals surface area (Å²) < 4.78 is 0. The number of nitrogens with zero attached hydrogens (tertiary/aromatic N) is 2. The average molecular weight is 354 g/mol. The lowest BCUT2D eigenvalue weighted by atomic mass is 9.91. The summed E-state index contributed by atoms with van der Waals surface area (Å²) in [6, 6.07) is 2.67. The zero-order chi connectivity index (χ0) is 18.1. The monoisotopic (exact) mass is 354 g/mol. The van der Waals surface area contributed by atoms with Gasteiger partial charge < -0.3 is 22.1 Å². The first kappa shape index (κ1) is 17.0. The van der Waals surface area contributed by atoms with Crippen molar-refractivity contribution < 1.29 is 4.79 Å². The van der Waals surface area contributed by atoms with E-state index >= 15 is 0 Å². The van der Waals surface area contributed by atoms with Crippen LogP contribution < -0.4 is 22.1 Å². The lowest BCUT2D eigenvalue weighted by Gasteiger charge is -2.30. The van der Waals surface area contributed by atoms with Crippen LogP contribution in [0.15, 0.2) is 17.3 Å². The van der Waals surface area contributed by atoms with Gasteiger partial charge in [0.05, 0.1) is 17.3 Å². The summed E-state index contributed by atoms with van der Waals surface area (Å²) in [6.07, 6.45) is 9.87. The normalized spacial score (nSPS) is 26.0. The lowest BCUT2D eigenvalue weighted by molar-refractivity contribution is 0.0965. The molecule has 2 saturated carbocycles. The molecule has 0 spiro atoms. The molecule has 1 aromatic heterocycles. The van der Waals surface area contributed by atoms with Gasteiger partial charge in [0.25, 0.3) is 5.91 Å². The second kappa shape index (κ2) is 7.07. The zero-order valence-electron chi connectivity index (χ0n) is 14.9. The first-order chi connectivity index (χ1) is 12.7. The number of aromatic nitrogens is 1. The fourth-order valence-electron chi connectivity index (χ4n) is 3.66. The van der Waals surface area contributed by atoms with Gasteiger partial charge >= 0.3 is 0 Å². The van der Waals surface area contributed by atoms with Crippen LogP contribution in [-0.4, -0.2) is 35.2 Å². The topological polar surface area (TPSA) is 118 Å². The molecule has 2 aliphatic carbocycles. The molecule has 4 rings (SSSR count). The van der Waals surface area contributed by atoms with Crippen molar-refractivity contribution in [2.75, 3.05) is 5.32 Å². The highest BCUT2D eigenvalue weighted by Gasteiger charge is 2.28. The van der Waals surface area contributed by atoms with Crippen molar-refractivity contribution in [2.45, 2.75) is 63.2 Å². The van der Waals surface area contributed by atoms with E-state index in [1.54, 1.807) is 6.21 Å². The highest BCUT2D eigenvalue weighted by molar-refractivity contribution is 6.14. The average Bonchev–Trinajstić information content (AvgIpc) is 3.39. The van der Waals surface area contributed by atoms with Crippen LogP contribution >= 0.6 is 0 Å². The van der Waals surface area contributed by atoms with Crippen LogP contribution in [0.3, 0.4) is 0 Å². The summed E-state index contributed by atoms with van der Waals surface area (Å²) in [7, 11) is 0. The highest BCUT2D eigenvalue weighted by atomic mass is 16.1. The number of fused-ring (bicyclic) bond motifs is 1. The van der Waals surface area contributed by atoms with Gasteiger partial charge in [0, 0.05) is 36.6 Å². The van der Waals surface area contributed by atoms with Crippen LogP contribution in [0.1, 0.15) is 60.1 Å². The van der Waals surface area contributed by atoms with Gasteiger partial charge in [-0.1, -0.05) is 12.8 Å². The molecule has 2 fully saturated rings. The molecule has 0 bridgehead atoms. The van der Waals surface area contributed by atoms with Gasteiger partial charge in [-0.2, -0.15) is 0 Å². The van der Waals surface area contributed by atoms with Crippen LogP contribution in [0.25, 0.3) is 5.57 Å². The van der Waals surface area contributed by atoms with Crippen molar-refractivity contribution in [1.29, 1.82) is 0 Å². The molecule has 6 N–H and O–H groups in total. The molecule has 7 nitrogen and oxygen atoms in total. The largest absolute Gasteiger partial charge is 0.404 e. The molecule has 26 heavy (non-hydrogen) atoms. The van der Waals surface area contributed by atoms with Gasteiger partial charge in [-0.25, -0.2) is 4.98 Å². The molecular formula is C19H26N6O. The van der Waals surface area contributed by atoms with E-state index in [1.165, 1.54) is 19.0 Å². The molecule has 2 heterocycles. The summed E-state index contributed by atoms with van der Waals surface area (Å²) in [5, 5.41) is 6.36. The lowest BCUT2D eigenvalue weighted by Crippen LogP contribution is -2.42. The second-order valence-electron chi connectivity index (χ2n) is 7.40. The molecule has 1 amide bonds. The van der Waals surface area contributed by atoms with E-state index in [-0.39, 0.29) is 18.0 Å². The number of pyridine rings is 1. The summed E-state index contributed by atoms with van der Waals surface area (Å²) in [5.74, 6) is 0.638. The number of anilines is 1. The second-order valence-corrected chi connectivity index (χ2v) is 7.40. The molecule has 1 aliphatic heterocycles. The number of nitrogens with one attached hydrogen (secondary N) is 2. The predicted molar refractivity (Wildman–Crippen MR) is 103 cm³/mol. The number of allylic oxidation sites excluding steroid dienone is 1. The quantitative estimate of drug-likeness (QED) is 0.598. The van der Waals surface area contributed by atoms with Gasteiger partial charge in [-0.15, -0.1) is 0 Å². The third-order valence-electron chi connectivity index (χ3n) is 5.34. The van der Waals surface area contributed by atoms with Gasteiger partial charge in [-0.05, 0) is 37.3 Å².